The lowest BCUT2D eigenvalue weighted by Gasteiger charge is -2.04. The Kier molecular flexibility index (Phi) is 6.07. The minimum absolute atomic E-state index is 0.0339. The second kappa shape index (κ2) is 6.65. The zero-order valence-electron chi connectivity index (χ0n) is 7.75. The van der Waals surface area contributed by atoms with E-state index in [1.54, 1.807) is 6.08 Å². The highest BCUT2D eigenvalue weighted by atomic mass is 16.5. The first-order chi connectivity index (χ1) is 5.68. The molecule has 0 bridgehead atoms. The van der Waals surface area contributed by atoms with Crippen molar-refractivity contribution in [2.24, 2.45) is 5.92 Å². The summed E-state index contributed by atoms with van der Waals surface area (Å²) in [6.45, 7) is 7.63. The summed E-state index contributed by atoms with van der Waals surface area (Å²) in [6, 6.07) is 0. The summed E-state index contributed by atoms with van der Waals surface area (Å²) in [4.78, 5) is 10.9. The van der Waals surface area contributed by atoms with Crippen LogP contribution >= 0.6 is 0 Å². The number of allylic oxidation sites excluding steroid dienone is 2. The van der Waals surface area contributed by atoms with E-state index in [-0.39, 0.29) is 11.9 Å². The maximum atomic E-state index is 10.9. The van der Waals surface area contributed by atoms with Crippen LogP contribution < -0.4 is 0 Å². The van der Waals surface area contributed by atoms with Gasteiger partial charge in [0.05, 0.1) is 12.5 Å². The van der Waals surface area contributed by atoms with Crippen LogP contribution in [0.3, 0.4) is 0 Å². The highest BCUT2D eigenvalue weighted by Crippen LogP contribution is 1.96. The van der Waals surface area contributed by atoms with Crippen molar-refractivity contribution < 1.29 is 9.53 Å². The van der Waals surface area contributed by atoms with E-state index in [1.165, 1.54) is 0 Å². The summed E-state index contributed by atoms with van der Waals surface area (Å²) in [5.74, 6) is -0.171. The van der Waals surface area contributed by atoms with Crippen LogP contribution in [-0.2, 0) is 9.53 Å². The Morgan fingerprint density at radius 3 is 2.75 bits per heavy atom. The van der Waals surface area contributed by atoms with Gasteiger partial charge < -0.3 is 4.74 Å². The van der Waals surface area contributed by atoms with Gasteiger partial charge in [0.25, 0.3) is 0 Å². The van der Waals surface area contributed by atoms with Gasteiger partial charge in [0, 0.05) is 0 Å². The number of rotatable bonds is 5. The predicted octanol–water partition coefficient (Wildman–Crippen LogP) is 2.32. The Labute approximate surface area is 73.9 Å². The third kappa shape index (κ3) is 5.71. The topological polar surface area (TPSA) is 26.3 Å². The molecule has 12 heavy (non-hydrogen) atoms. The Bertz CT molecular complexity index is 169. The van der Waals surface area contributed by atoms with Gasteiger partial charge in [0.2, 0.25) is 0 Å². The van der Waals surface area contributed by atoms with Crippen molar-refractivity contribution in [3.8, 4) is 0 Å². The van der Waals surface area contributed by atoms with Gasteiger partial charge >= 0.3 is 5.97 Å². The highest BCUT2D eigenvalue weighted by Gasteiger charge is 2.06. The molecule has 0 aromatic rings. The van der Waals surface area contributed by atoms with Crippen LogP contribution in [0.15, 0.2) is 24.8 Å². The molecular formula is C10H16O2. The highest BCUT2D eigenvalue weighted by molar-refractivity contribution is 5.71. The van der Waals surface area contributed by atoms with Gasteiger partial charge in [-0.15, -0.1) is 0 Å². The molecule has 0 aliphatic carbocycles. The van der Waals surface area contributed by atoms with Crippen molar-refractivity contribution in [2.75, 3.05) is 6.61 Å². The summed E-state index contributed by atoms with van der Waals surface area (Å²) in [7, 11) is 0. The Balaban J connectivity index is 3.37. The average molecular weight is 168 g/mol. The number of ether oxygens (including phenoxy) is 1. The van der Waals surface area contributed by atoms with E-state index >= 15 is 0 Å². The molecule has 0 rings (SSSR count). The monoisotopic (exact) mass is 168 g/mol. The van der Waals surface area contributed by atoms with Gasteiger partial charge in [-0.3, -0.25) is 4.79 Å². The van der Waals surface area contributed by atoms with E-state index in [0.29, 0.717) is 6.61 Å². The quantitative estimate of drug-likeness (QED) is 0.358. The van der Waals surface area contributed by atoms with Crippen LogP contribution in [0.2, 0.25) is 0 Å². The first kappa shape index (κ1) is 11.0. The van der Waals surface area contributed by atoms with Crippen LogP contribution in [0, 0.1) is 5.92 Å². The first-order valence-electron chi connectivity index (χ1n) is 4.12. The lowest BCUT2D eigenvalue weighted by Crippen LogP contribution is -2.11. The molecule has 0 amide bonds. The fourth-order valence-corrected chi connectivity index (χ4v) is 0.587. The van der Waals surface area contributed by atoms with Crippen LogP contribution in [0.4, 0.5) is 0 Å². The third-order valence-corrected chi connectivity index (χ3v) is 1.27. The summed E-state index contributed by atoms with van der Waals surface area (Å²) in [6.07, 6.45) is 6.21. The molecule has 0 aromatic carbocycles. The fourth-order valence-electron chi connectivity index (χ4n) is 0.587. The lowest BCUT2D eigenvalue weighted by molar-refractivity contribution is -0.147. The number of hydrogen-bond acceptors (Lipinski definition) is 2. The second-order valence-corrected chi connectivity index (χ2v) is 2.77. The molecule has 2 nitrogen and oxygen atoms in total. The molecule has 0 N–H and O–H groups in total. The van der Waals surface area contributed by atoms with E-state index in [0.717, 1.165) is 6.42 Å². The standard InChI is InChI=1S/C10H16O2/c1-4-5-6-7-8-12-10(11)9(2)3/h4-6,9H,1,7-8H2,2-3H3/b6-5+. The van der Waals surface area contributed by atoms with Crippen LogP contribution in [0.1, 0.15) is 20.3 Å². The van der Waals surface area contributed by atoms with Crippen molar-refractivity contribution in [1.82, 2.24) is 0 Å². The maximum absolute atomic E-state index is 10.9. The number of hydrogen-bond donors (Lipinski definition) is 0. The second-order valence-electron chi connectivity index (χ2n) is 2.77. The summed E-state index contributed by atoms with van der Waals surface area (Å²) < 4.78 is 4.93. The van der Waals surface area contributed by atoms with Crippen molar-refractivity contribution >= 4 is 5.97 Å². The summed E-state index contributed by atoms with van der Waals surface area (Å²) >= 11 is 0. The summed E-state index contributed by atoms with van der Waals surface area (Å²) in [5, 5.41) is 0. The molecule has 0 heterocycles. The number of esters is 1. The van der Waals surface area contributed by atoms with E-state index in [4.69, 9.17) is 4.74 Å². The fraction of sp³-hybridized carbons (Fsp3) is 0.500. The molecule has 0 unspecified atom stereocenters. The minimum atomic E-state index is -0.137. The van der Waals surface area contributed by atoms with Gasteiger partial charge in [-0.2, -0.15) is 0 Å². The Hall–Kier alpha value is -1.05. The number of carbonyl (C=O) groups is 1. The van der Waals surface area contributed by atoms with Gasteiger partial charge in [-0.1, -0.05) is 38.7 Å². The molecule has 0 aromatic heterocycles. The van der Waals surface area contributed by atoms with Gasteiger partial charge in [0.1, 0.15) is 0 Å². The average Bonchev–Trinajstić information content (AvgIpc) is 2.03. The maximum Gasteiger partial charge on any atom is 0.308 e. The first-order valence-corrected chi connectivity index (χ1v) is 4.12. The predicted molar refractivity (Wildman–Crippen MR) is 49.8 cm³/mol. The van der Waals surface area contributed by atoms with E-state index in [2.05, 4.69) is 6.58 Å². The van der Waals surface area contributed by atoms with Gasteiger partial charge in [0.15, 0.2) is 0 Å². The minimum Gasteiger partial charge on any atom is -0.465 e. The summed E-state index contributed by atoms with van der Waals surface area (Å²) in [5.41, 5.74) is 0. The van der Waals surface area contributed by atoms with Crippen LogP contribution in [0.5, 0.6) is 0 Å². The van der Waals surface area contributed by atoms with E-state index in [1.807, 2.05) is 26.0 Å². The molecule has 68 valence electrons. The van der Waals surface area contributed by atoms with Gasteiger partial charge in [-0.25, -0.2) is 0 Å². The third-order valence-electron chi connectivity index (χ3n) is 1.27. The van der Waals surface area contributed by atoms with Crippen molar-refractivity contribution in [3.63, 3.8) is 0 Å². The molecule has 2 heteroatoms. The zero-order chi connectivity index (χ0) is 9.40. The van der Waals surface area contributed by atoms with Gasteiger partial charge in [-0.05, 0) is 6.42 Å². The SMILES string of the molecule is C=C/C=C/CCOC(=O)C(C)C. The smallest absolute Gasteiger partial charge is 0.308 e. The molecule has 0 atom stereocenters. The van der Waals surface area contributed by atoms with Crippen molar-refractivity contribution in [2.45, 2.75) is 20.3 Å². The Morgan fingerprint density at radius 2 is 2.25 bits per heavy atom. The molecular weight excluding hydrogens is 152 g/mol. The largest absolute Gasteiger partial charge is 0.465 e. The molecule has 0 saturated carbocycles. The molecule has 0 saturated heterocycles. The molecule has 0 spiro atoms. The molecule has 0 aliphatic rings. The zero-order valence-corrected chi connectivity index (χ0v) is 7.75. The molecule has 0 radical (unpaired) electrons. The molecule has 0 fully saturated rings. The van der Waals surface area contributed by atoms with Crippen molar-refractivity contribution in [3.05, 3.63) is 24.8 Å². The lowest BCUT2D eigenvalue weighted by atomic mass is 10.2. The van der Waals surface area contributed by atoms with E-state index < -0.39 is 0 Å². The normalized spacial score (nSPS) is 10.6. The molecule has 0 aliphatic heterocycles. The van der Waals surface area contributed by atoms with E-state index in [9.17, 15) is 4.79 Å². The van der Waals surface area contributed by atoms with Crippen LogP contribution in [0.25, 0.3) is 0 Å². The number of carbonyl (C=O) groups excluding carboxylic acids is 1. The van der Waals surface area contributed by atoms with Crippen LogP contribution in [-0.4, -0.2) is 12.6 Å². The van der Waals surface area contributed by atoms with Crippen molar-refractivity contribution in [1.29, 1.82) is 0 Å². The Morgan fingerprint density at radius 1 is 1.58 bits per heavy atom.